The molecule has 0 fully saturated rings. The largest absolute Gasteiger partial charge is 0.276 e. The van der Waals surface area contributed by atoms with E-state index in [4.69, 9.17) is 11.6 Å². The summed E-state index contributed by atoms with van der Waals surface area (Å²) in [4.78, 5) is 11.2. The molecule has 0 N–H and O–H groups in total. The minimum atomic E-state index is -0.422. The van der Waals surface area contributed by atoms with Gasteiger partial charge in [0.25, 0.3) is 5.24 Å². The number of carbonyl (C=O) groups excluding carboxylic acids is 1. The minimum absolute atomic E-state index is 0.422. The molecule has 0 aromatic heterocycles. The summed E-state index contributed by atoms with van der Waals surface area (Å²) in [6.07, 6.45) is 0. The molecular weight excluding hydrogens is 352 g/mol. The van der Waals surface area contributed by atoms with Crippen LogP contribution in [0.5, 0.6) is 0 Å². The van der Waals surface area contributed by atoms with Gasteiger partial charge in [-0.05, 0) is 39.9 Å². The van der Waals surface area contributed by atoms with Crippen LogP contribution in [0.4, 0.5) is 0 Å². The molecule has 0 aliphatic heterocycles. The summed E-state index contributed by atoms with van der Waals surface area (Å²) in [5, 5.41) is -0.422. The molecule has 0 bridgehead atoms. The highest BCUT2D eigenvalue weighted by atomic mass is 35.5. The first-order valence-electron chi connectivity index (χ1n) is 8.70. The van der Waals surface area contributed by atoms with E-state index < -0.39 is 5.24 Å². The highest BCUT2D eigenvalue weighted by Gasteiger charge is 2.08. The van der Waals surface area contributed by atoms with Crippen molar-refractivity contribution in [3.05, 3.63) is 121 Å². The summed E-state index contributed by atoms with van der Waals surface area (Å²) in [7, 11) is 0. The fraction of sp³-hybridized carbons (Fsp3) is 0. The van der Waals surface area contributed by atoms with Crippen molar-refractivity contribution in [1.82, 2.24) is 0 Å². The Morgan fingerprint density at radius 2 is 0.852 bits per heavy atom. The Labute approximate surface area is 164 Å². The van der Waals surface area contributed by atoms with E-state index in [0.29, 0.717) is 5.56 Å². The highest BCUT2D eigenvalue weighted by Crippen LogP contribution is 2.24. The fourth-order valence-electron chi connectivity index (χ4n) is 2.79. The Morgan fingerprint density at radius 1 is 0.481 bits per heavy atom. The summed E-state index contributed by atoms with van der Waals surface area (Å²) < 4.78 is 0. The first-order valence-corrected chi connectivity index (χ1v) is 9.08. The van der Waals surface area contributed by atoms with Crippen LogP contribution in [0.2, 0.25) is 0 Å². The van der Waals surface area contributed by atoms with Gasteiger partial charge in [0.05, 0.1) is 0 Å². The lowest BCUT2D eigenvalue weighted by atomic mass is 10.0. The Morgan fingerprint density at radius 3 is 1.30 bits per heavy atom. The fourth-order valence-corrected chi connectivity index (χ4v) is 2.95. The van der Waals surface area contributed by atoms with Gasteiger partial charge in [-0.1, -0.05) is 109 Å². The summed E-state index contributed by atoms with van der Waals surface area (Å²) in [6.45, 7) is 0. The van der Waals surface area contributed by atoms with Gasteiger partial charge in [0, 0.05) is 5.56 Å². The number of hydrogen-bond acceptors (Lipinski definition) is 1. The number of hydrogen-bond donors (Lipinski definition) is 0. The van der Waals surface area contributed by atoms with Crippen molar-refractivity contribution in [2.45, 2.75) is 0 Å². The first kappa shape index (κ1) is 18.6. The standard InChI is InChI=1S/C13H9ClO.C12H10/c14-13(15)12-9-5-4-8-11(12)10-6-2-1-3-7-10;1-3-7-11(8-4-1)12-9-5-2-6-10-12/h1-9H;1-10H. The number of rotatable bonds is 3. The van der Waals surface area contributed by atoms with Gasteiger partial charge >= 0.3 is 0 Å². The molecule has 0 saturated carbocycles. The average Bonchev–Trinajstić information content (AvgIpc) is 2.76. The monoisotopic (exact) mass is 370 g/mol. The van der Waals surface area contributed by atoms with Crippen molar-refractivity contribution in [3.63, 3.8) is 0 Å². The van der Waals surface area contributed by atoms with Gasteiger partial charge in [-0.15, -0.1) is 0 Å². The second-order valence-electron chi connectivity index (χ2n) is 5.92. The van der Waals surface area contributed by atoms with E-state index in [1.807, 2.05) is 60.7 Å². The maximum atomic E-state index is 11.2. The van der Waals surface area contributed by atoms with E-state index in [1.54, 1.807) is 6.07 Å². The lowest BCUT2D eigenvalue weighted by Crippen LogP contribution is -1.92. The molecule has 132 valence electrons. The van der Waals surface area contributed by atoms with Gasteiger partial charge in [-0.3, -0.25) is 4.79 Å². The van der Waals surface area contributed by atoms with E-state index in [9.17, 15) is 4.79 Å². The molecule has 2 heteroatoms. The molecule has 4 aromatic carbocycles. The van der Waals surface area contributed by atoms with Crippen LogP contribution >= 0.6 is 11.6 Å². The molecule has 0 radical (unpaired) electrons. The highest BCUT2D eigenvalue weighted by molar-refractivity contribution is 6.68. The summed E-state index contributed by atoms with van der Waals surface area (Å²) in [5.41, 5.74) is 4.97. The van der Waals surface area contributed by atoms with Gasteiger partial charge in [0.2, 0.25) is 0 Å². The Balaban J connectivity index is 0.000000159. The molecule has 0 amide bonds. The van der Waals surface area contributed by atoms with Crippen molar-refractivity contribution in [2.75, 3.05) is 0 Å². The Bertz CT molecular complexity index is 943. The number of halogens is 1. The van der Waals surface area contributed by atoms with Gasteiger partial charge < -0.3 is 0 Å². The lowest BCUT2D eigenvalue weighted by Gasteiger charge is -2.05. The Hall–Kier alpha value is -3.16. The van der Waals surface area contributed by atoms with Crippen molar-refractivity contribution >= 4 is 16.8 Å². The third kappa shape index (κ3) is 5.16. The second kappa shape index (κ2) is 9.51. The topological polar surface area (TPSA) is 17.1 Å². The molecule has 27 heavy (non-hydrogen) atoms. The van der Waals surface area contributed by atoms with Crippen LogP contribution in [0.3, 0.4) is 0 Å². The molecule has 0 spiro atoms. The predicted octanol–water partition coefficient (Wildman–Crippen LogP) is 7.09. The number of carbonyl (C=O) groups is 1. The van der Waals surface area contributed by atoms with Crippen molar-refractivity contribution in [1.29, 1.82) is 0 Å². The molecule has 4 aromatic rings. The van der Waals surface area contributed by atoms with E-state index in [1.165, 1.54) is 11.1 Å². The van der Waals surface area contributed by atoms with Crippen LogP contribution in [0.1, 0.15) is 10.4 Å². The Kier molecular flexibility index (Phi) is 6.56. The first-order chi connectivity index (χ1) is 13.3. The lowest BCUT2D eigenvalue weighted by molar-refractivity contribution is 0.108. The van der Waals surface area contributed by atoms with E-state index in [2.05, 4.69) is 48.5 Å². The molecule has 0 saturated heterocycles. The molecule has 4 rings (SSSR count). The van der Waals surface area contributed by atoms with Crippen molar-refractivity contribution in [2.24, 2.45) is 0 Å². The molecular formula is C25H19ClO. The molecule has 0 aliphatic carbocycles. The summed E-state index contributed by atoms with van der Waals surface area (Å²) in [5.74, 6) is 0. The van der Waals surface area contributed by atoms with Crippen LogP contribution in [0, 0.1) is 0 Å². The van der Waals surface area contributed by atoms with Crippen molar-refractivity contribution in [3.8, 4) is 22.3 Å². The van der Waals surface area contributed by atoms with Gasteiger partial charge in [-0.2, -0.15) is 0 Å². The van der Waals surface area contributed by atoms with Gasteiger partial charge in [0.15, 0.2) is 0 Å². The zero-order chi connectivity index (χ0) is 18.9. The maximum absolute atomic E-state index is 11.2. The van der Waals surface area contributed by atoms with Crippen molar-refractivity contribution < 1.29 is 4.79 Å². The maximum Gasteiger partial charge on any atom is 0.253 e. The smallest absolute Gasteiger partial charge is 0.253 e. The molecule has 0 atom stereocenters. The SMILES string of the molecule is O=C(Cl)c1ccccc1-c1ccccc1.c1ccc(-c2ccccc2)cc1. The molecule has 1 nitrogen and oxygen atoms in total. The predicted molar refractivity (Wildman–Crippen MR) is 114 cm³/mol. The van der Waals surface area contributed by atoms with Crippen LogP contribution in [-0.2, 0) is 0 Å². The van der Waals surface area contributed by atoms with Gasteiger partial charge in [-0.25, -0.2) is 0 Å². The average molecular weight is 371 g/mol. The zero-order valence-corrected chi connectivity index (χ0v) is 15.5. The zero-order valence-electron chi connectivity index (χ0n) is 14.8. The third-order valence-corrected chi connectivity index (χ3v) is 4.31. The van der Waals surface area contributed by atoms with Gasteiger partial charge in [0.1, 0.15) is 0 Å². The molecule has 0 heterocycles. The quantitative estimate of drug-likeness (QED) is 0.352. The molecule has 0 aliphatic rings. The van der Waals surface area contributed by atoms with Crippen LogP contribution in [-0.4, -0.2) is 5.24 Å². The van der Waals surface area contributed by atoms with E-state index in [0.717, 1.165) is 11.1 Å². The summed E-state index contributed by atoms with van der Waals surface area (Å²) >= 11 is 5.52. The minimum Gasteiger partial charge on any atom is -0.276 e. The normalized spacial score (nSPS) is 9.81. The second-order valence-corrected chi connectivity index (χ2v) is 6.26. The van der Waals surface area contributed by atoms with Crippen LogP contribution < -0.4 is 0 Å². The van der Waals surface area contributed by atoms with E-state index in [-0.39, 0.29) is 0 Å². The van der Waals surface area contributed by atoms with Crippen LogP contribution in [0.25, 0.3) is 22.3 Å². The number of benzene rings is 4. The summed E-state index contributed by atoms with van der Waals surface area (Å²) in [6, 6.07) is 37.8. The third-order valence-electron chi connectivity index (χ3n) is 4.10. The van der Waals surface area contributed by atoms with Crippen LogP contribution in [0.15, 0.2) is 115 Å². The molecule has 0 unspecified atom stereocenters. The van der Waals surface area contributed by atoms with E-state index >= 15 is 0 Å².